The predicted octanol–water partition coefficient (Wildman–Crippen LogP) is 1.45. The van der Waals surface area contributed by atoms with Crippen LogP contribution < -0.4 is 11.1 Å². The second-order valence-electron chi connectivity index (χ2n) is 3.55. The summed E-state index contributed by atoms with van der Waals surface area (Å²) in [6.45, 7) is 2.41. The first-order valence-electron chi connectivity index (χ1n) is 5.10. The first-order valence-corrected chi connectivity index (χ1v) is 5.10. The molecule has 4 N–H and O–H groups in total. The lowest BCUT2D eigenvalue weighted by Gasteiger charge is -2.16. The number of benzene rings is 1. The number of carboxylic acids is 1. The SMILES string of the molecule is CCN(C)C(=O)Nc1ccc(C(=O)O)cc1N. The molecule has 0 saturated carbocycles. The Morgan fingerprint density at radius 2 is 2.12 bits per heavy atom. The maximum absolute atomic E-state index is 11.6. The Morgan fingerprint density at radius 1 is 1.47 bits per heavy atom. The van der Waals surface area contributed by atoms with Gasteiger partial charge >= 0.3 is 12.0 Å². The third-order valence-corrected chi connectivity index (χ3v) is 2.36. The molecule has 0 aromatic heterocycles. The van der Waals surface area contributed by atoms with Gasteiger partial charge in [-0.3, -0.25) is 0 Å². The molecule has 92 valence electrons. The average Bonchev–Trinajstić information content (AvgIpc) is 2.30. The Bertz CT molecular complexity index is 446. The smallest absolute Gasteiger partial charge is 0.335 e. The number of amides is 2. The summed E-state index contributed by atoms with van der Waals surface area (Å²) in [7, 11) is 1.65. The van der Waals surface area contributed by atoms with Gasteiger partial charge in [-0.1, -0.05) is 0 Å². The molecule has 0 spiro atoms. The van der Waals surface area contributed by atoms with Crippen molar-refractivity contribution in [1.82, 2.24) is 4.90 Å². The lowest BCUT2D eigenvalue weighted by Crippen LogP contribution is -2.31. The molecular formula is C11H15N3O3. The number of hydrogen-bond donors (Lipinski definition) is 3. The van der Waals surface area contributed by atoms with E-state index in [4.69, 9.17) is 10.8 Å². The van der Waals surface area contributed by atoms with Crippen LogP contribution in [0.1, 0.15) is 17.3 Å². The van der Waals surface area contributed by atoms with E-state index in [0.717, 1.165) is 0 Å². The zero-order chi connectivity index (χ0) is 13.0. The monoisotopic (exact) mass is 237 g/mol. The van der Waals surface area contributed by atoms with Gasteiger partial charge in [0.25, 0.3) is 0 Å². The minimum absolute atomic E-state index is 0.0874. The summed E-state index contributed by atoms with van der Waals surface area (Å²) in [5, 5.41) is 11.4. The maximum Gasteiger partial charge on any atom is 0.335 e. The van der Waals surface area contributed by atoms with Crippen molar-refractivity contribution in [1.29, 1.82) is 0 Å². The normalized spacial score (nSPS) is 9.76. The number of nitrogens with two attached hydrogens (primary N) is 1. The summed E-state index contributed by atoms with van der Waals surface area (Å²) in [4.78, 5) is 23.7. The van der Waals surface area contributed by atoms with Gasteiger partial charge in [0.1, 0.15) is 0 Å². The second kappa shape index (κ2) is 5.20. The van der Waals surface area contributed by atoms with Gasteiger partial charge in [0.05, 0.1) is 16.9 Å². The lowest BCUT2D eigenvalue weighted by atomic mass is 10.2. The van der Waals surface area contributed by atoms with E-state index >= 15 is 0 Å². The molecule has 0 aliphatic carbocycles. The van der Waals surface area contributed by atoms with Crippen LogP contribution in [-0.2, 0) is 0 Å². The number of nitrogens with zero attached hydrogens (tertiary/aromatic N) is 1. The first kappa shape index (κ1) is 12.8. The Hall–Kier alpha value is -2.24. The number of hydrogen-bond acceptors (Lipinski definition) is 3. The molecule has 1 aromatic carbocycles. The molecule has 0 heterocycles. The van der Waals surface area contributed by atoms with Crippen LogP contribution in [0.3, 0.4) is 0 Å². The van der Waals surface area contributed by atoms with Gasteiger partial charge in [-0.25, -0.2) is 9.59 Å². The van der Waals surface area contributed by atoms with Crippen molar-refractivity contribution in [3.8, 4) is 0 Å². The van der Waals surface area contributed by atoms with Crippen LogP contribution in [0, 0.1) is 0 Å². The van der Waals surface area contributed by atoms with E-state index < -0.39 is 5.97 Å². The lowest BCUT2D eigenvalue weighted by molar-refractivity contribution is 0.0697. The first-order chi connectivity index (χ1) is 7.95. The molecule has 2 amide bonds. The van der Waals surface area contributed by atoms with Crippen molar-refractivity contribution in [3.05, 3.63) is 23.8 Å². The minimum Gasteiger partial charge on any atom is -0.478 e. The molecule has 1 aromatic rings. The third-order valence-electron chi connectivity index (χ3n) is 2.36. The molecule has 0 radical (unpaired) electrons. The molecule has 0 aliphatic rings. The molecule has 1 rings (SSSR count). The van der Waals surface area contributed by atoms with E-state index in [-0.39, 0.29) is 17.3 Å². The largest absolute Gasteiger partial charge is 0.478 e. The molecule has 0 aliphatic heterocycles. The zero-order valence-corrected chi connectivity index (χ0v) is 9.73. The highest BCUT2D eigenvalue weighted by molar-refractivity contribution is 5.95. The van der Waals surface area contributed by atoms with E-state index in [0.29, 0.717) is 12.2 Å². The van der Waals surface area contributed by atoms with Gasteiger partial charge < -0.3 is 21.1 Å². The van der Waals surface area contributed by atoms with Crippen LogP contribution in [0.2, 0.25) is 0 Å². The molecule has 0 bridgehead atoms. The van der Waals surface area contributed by atoms with Gasteiger partial charge in [0, 0.05) is 13.6 Å². The van der Waals surface area contributed by atoms with Crippen LogP contribution in [0.5, 0.6) is 0 Å². The number of rotatable bonds is 3. The summed E-state index contributed by atoms with van der Waals surface area (Å²) in [5.41, 5.74) is 6.37. The molecule has 17 heavy (non-hydrogen) atoms. The molecular weight excluding hydrogens is 222 g/mol. The van der Waals surface area contributed by atoms with Gasteiger partial charge in [-0.15, -0.1) is 0 Å². The second-order valence-corrected chi connectivity index (χ2v) is 3.55. The topological polar surface area (TPSA) is 95.7 Å². The highest BCUT2D eigenvalue weighted by Gasteiger charge is 2.10. The van der Waals surface area contributed by atoms with Crippen molar-refractivity contribution in [2.24, 2.45) is 0 Å². The van der Waals surface area contributed by atoms with E-state index in [9.17, 15) is 9.59 Å². The highest BCUT2D eigenvalue weighted by atomic mass is 16.4. The Kier molecular flexibility index (Phi) is 3.92. The van der Waals surface area contributed by atoms with Gasteiger partial charge in [-0.2, -0.15) is 0 Å². The molecule has 0 saturated heterocycles. The quantitative estimate of drug-likeness (QED) is 0.693. The number of carboxylic acid groups (broad SMARTS) is 1. The van der Waals surface area contributed by atoms with Crippen molar-refractivity contribution in [2.75, 3.05) is 24.6 Å². The third kappa shape index (κ3) is 3.10. The maximum atomic E-state index is 11.6. The van der Waals surface area contributed by atoms with Crippen LogP contribution in [0.4, 0.5) is 16.2 Å². The number of aromatic carboxylic acids is 1. The Morgan fingerprint density at radius 3 is 2.59 bits per heavy atom. The van der Waals surface area contributed by atoms with Crippen LogP contribution in [0.15, 0.2) is 18.2 Å². The van der Waals surface area contributed by atoms with Crippen molar-refractivity contribution in [3.63, 3.8) is 0 Å². The number of carbonyl (C=O) groups is 2. The minimum atomic E-state index is -1.06. The van der Waals surface area contributed by atoms with Crippen LogP contribution in [0.25, 0.3) is 0 Å². The molecule has 0 fully saturated rings. The molecule has 0 unspecified atom stereocenters. The predicted molar refractivity (Wildman–Crippen MR) is 65.1 cm³/mol. The van der Waals surface area contributed by atoms with Crippen molar-refractivity contribution in [2.45, 2.75) is 6.92 Å². The van der Waals surface area contributed by atoms with E-state index in [1.54, 1.807) is 7.05 Å². The van der Waals surface area contributed by atoms with Crippen LogP contribution >= 0.6 is 0 Å². The van der Waals surface area contributed by atoms with Gasteiger partial charge in [0.2, 0.25) is 0 Å². The summed E-state index contributed by atoms with van der Waals surface area (Å²) >= 11 is 0. The standard InChI is InChI=1S/C11H15N3O3/c1-3-14(2)11(17)13-9-5-4-7(10(15)16)6-8(9)12/h4-6H,3,12H2,1-2H3,(H,13,17)(H,15,16). The molecule has 6 nitrogen and oxygen atoms in total. The fourth-order valence-corrected chi connectivity index (χ4v) is 1.16. The zero-order valence-electron chi connectivity index (χ0n) is 9.73. The van der Waals surface area contributed by atoms with E-state index in [1.165, 1.54) is 23.1 Å². The average molecular weight is 237 g/mol. The summed E-state index contributed by atoms with van der Waals surface area (Å²) in [6.07, 6.45) is 0. The number of carbonyl (C=O) groups excluding carboxylic acids is 1. The molecule has 6 heteroatoms. The number of urea groups is 1. The Balaban J connectivity index is 2.86. The highest BCUT2D eigenvalue weighted by Crippen LogP contribution is 2.20. The van der Waals surface area contributed by atoms with Crippen LogP contribution in [-0.4, -0.2) is 35.6 Å². The number of nitrogen functional groups attached to an aromatic ring is 1. The Labute approximate surface area is 99.0 Å². The number of anilines is 2. The van der Waals surface area contributed by atoms with Crippen molar-refractivity contribution >= 4 is 23.4 Å². The fourth-order valence-electron chi connectivity index (χ4n) is 1.16. The van der Waals surface area contributed by atoms with Gasteiger partial charge in [0.15, 0.2) is 0 Å². The summed E-state index contributed by atoms with van der Waals surface area (Å²) in [5.74, 6) is -1.06. The fraction of sp³-hybridized carbons (Fsp3) is 0.273. The van der Waals surface area contributed by atoms with E-state index in [2.05, 4.69) is 5.32 Å². The van der Waals surface area contributed by atoms with Crippen molar-refractivity contribution < 1.29 is 14.7 Å². The summed E-state index contributed by atoms with van der Waals surface area (Å²) in [6, 6.07) is 3.88. The number of nitrogens with one attached hydrogen (secondary N) is 1. The van der Waals surface area contributed by atoms with Gasteiger partial charge in [-0.05, 0) is 25.1 Å². The van der Waals surface area contributed by atoms with E-state index in [1.807, 2.05) is 6.92 Å². The molecule has 0 atom stereocenters. The summed E-state index contributed by atoms with van der Waals surface area (Å²) < 4.78 is 0.